The Morgan fingerprint density at radius 2 is 1.76 bits per heavy atom. The Hall–Kier alpha value is -2.87. The van der Waals surface area contributed by atoms with Crippen LogP contribution in [0.2, 0.25) is 0 Å². The van der Waals surface area contributed by atoms with E-state index in [0.717, 1.165) is 16.5 Å². The molecule has 0 spiro atoms. The van der Waals surface area contributed by atoms with Crippen LogP contribution in [-0.2, 0) is 0 Å². The lowest BCUT2D eigenvalue weighted by molar-refractivity contribution is 0.104. The highest BCUT2D eigenvalue weighted by Gasteiger charge is 2.02. The van der Waals surface area contributed by atoms with Crippen LogP contribution in [0.3, 0.4) is 0 Å². The minimum Gasteiger partial charge on any atom is -0.465 e. The zero-order valence-corrected chi connectivity index (χ0v) is 11.4. The Morgan fingerprint density at radius 3 is 2.57 bits per heavy atom. The molecular weight excluding hydrogens is 260 g/mol. The number of benzene rings is 2. The first kappa shape index (κ1) is 13.1. The van der Waals surface area contributed by atoms with Crippen molar-refractivity contribution < 1.29 is 9.21 Å². The summed E-state index contributed by atoms with van der Waals surface area (Å²) in [6.45, 7) is 0. The summed E-state index contributed by atoms with van der Waals surface area (Å²) in [6, 6.07) is 17.4. The van der Waals surface area contributed by atoms with Gasteiger partial charge in [-0.15, -0.1) is 0 Å². The van der Waals surface area contributed by atoms with Gasteiger partial charge in [-0.2, -0.15) is 0 Å². The van der Waals surface area contributed by atoms with Crippen LogP contribution in [0.15, 0.2) is 83.5 Å². The molecule has 3 rings (SSSR count). The molecule has 2 aromatic carbocycles. The lowest BCUT2D eigenvalue weighted by atomic mass is 10.0. The number of hydrogen-bond acceptors (Lipinski definition) is 2. The Kier molecular flexibility index (Phi) is 3.79. The van der Waals surface area contributed by atoms with E-state index >= 15 is 0 Å². The van der Waals surface area contributed by atoms with E-state index in [0.29, 0.717) is 5.56 Å². The Balaban J connectivity index is 1.74. The van der Waals surface area contributed by atoms with Crippen molar-refractivity contribution in [3.63, 3.8) is 0 Å². The smallest absolute Gasteiger partial charge is 0.185 e. The number of carbonyl (C=O) groups excluding carboxylic acids is 1. The van der Waals surface area contributed by atoms with E-state index in [1.165, 1.54) is 0 Å². The molecule has 0 atom stereocenters. The van der Waals surface area contributed by atoms with Gasteiger partial charge in [-0.25, -0.2) is 0 Å². The van der Waals surface area contributed by atoms with Gasteiger partial charge in [0, 0.05) is 5.56 Å². The maximum absolute atomic E-state index is 12.1. The van der Waals surface area contributed by atoms with Gasteiger partial charge in [0.2, 0.25) is 0 Å². The van der Waals surface area contributed by atoms with E-state index in [-0.39, 0.29) is 5.78 Å². The summed E-state index contributed by atoms with van der Waals surface area (Å²) in [7, 11) is 0. The molecule has 0 bridgehead atoms. The van der Waals surface area contributed by atoms with E-state index in [1.807, 2.05) is 60.7 Å². The van der Waals surface area contributed by atoms with Gasteiger partial charge in [-0.05, 0) is 41.1 Å². The molecule has 2 heteroatoms. The van der Waals surface area contributed by atoms with Gasteiger partial charge < -0.3 is 4.42 Å². The number of carbonyl (C=O) groups is 1. The third-order valence-corrected chi connectivity index (χ3v) is 3.20. The van der Waals surface area contributed by atoms with E-state index in [2.05, 4.69) is 0 Å². The number of furan rings is 1. The number of fused-ring (bicyclic) bond motifs is 1. The summed E-state index contributed by atoms with van der Waals surface area (Å²) in [5.41, 5.74) is 0.691. The number of hydrogen-bond donors (Lipinski definition) is 0. The fraction of sp³-hybridized carbons (Fsp3) is 0. The quantitative estimate of drug-likeness (QED) is 0.385. The van der Waals surface area contributed by atoms with Crippen molar-refractivity contribution in [1.29, 1.82) is 0 Å². The van der Waals surface area contributed by atoms with Gasteiger partial charge in [0.25, 0.3) is 0 Å². The molecule has 0 saturated carbocycles. The maximum Gasteiger partial charge on any atom is 0.185 e. The molecule has 21 heavy (non-hydrogen) atoms. The van der Waals surface area contributed by atoms with E-state index in [1.54, 1.807) is 24.5 Å². The van der Waals surface area contributed by atoms with Crippen molar-refractivity contribution in [3.8, 4) is 0 Å². The molecule has 0 N–H and O–H groups in total. The summed E-state index contributed by atoms with van der Waals surface area (Å²) in [4.78, 5) is 12.1. The van der Waals surface area contributed by atoms with Crippen LogP contribution in [0.25, 0.3) is 16.8 Å². The third kappa shape index (κ3) is 3.18. The van der Waals surface area contributed by atoms with Gasteiger partial charge >= 0.3 is 0 Å². The molecule has 0 amide bonds. The first-order valence-corrected chi connectivity index (χ1v) is 6.74. The first-order chi connectivity index (χ1) is 10.3. The van der Waals surface area contributed by atoms with Crippen molar-refractivity contribution in [1.82, 2.24) is 0 Å². The van der Waals surface area contributed by atoms with E-state index < -0.39 is 0 Å². The second-order valence-electron chi connectivity index (χ2n) is 4.66. The zero-order valence-electron chi connectivity index (χ0n) is 11.4. The monoisotopic (exact) mass is 274 g/mol. The normalized spacial score (nSPS) is 11.6. The van der Waals surface area contributed by atoms with E-state index in [4.69, 9.17) is 4.42 Å². The summed E-state index contributed by atoms with van der Waals surface area (Å²) in [5, 5.41) is 2.21. The minimum absolute atomic E-state index is 0.00940. The standard InChI is InChI=1S/C19H14O2/c20-19(10-4-3-8-18-9-5-13-21-18)17-12-11-15-6-1-2-7-16(15)14-17/h1-14H/b8-3+,10-4+. The molecule has 0 aliphatic rings. The predicted molar refractivity (Wildman–Crippen MR) is 85.2 cm³/mol. The van der Waals surface area contributed by atoms with E-state index in [9.17, 15) is 4.79 Å². The van der Waals surface area contributed by atoms with Crippen molar-refractivity contribution >= 4 is 22.6 Å². The molecule has 0 aliphatic heterocycles. The fourth-order valence-corrected chi connectivity index (χ4v) is 2.12. The maximum atomic E-state index is 12.1. The summed E-state index contributed by atoms with van der Waals surface area (Å²) < 4.78 is 5.17. The average molecular weight is 274 g/mol. The second-order valence-corrected chi connectivity index (χ2v) is 4.66. The third-order valence-electron chi connectivity index (χ3n) is 3.20. The molecular formula is C19H14O2. The van der Waals surface area contributed by atoms with Gasteiger partial charge in [0.1, 0.15) is 5.76 Å². The lowest BCUT2D eigenvalue weighted by Gasteiger charge is -1.99. The topological polar surface area (TPSA) is 30.2 Å². The number of allylic oxidation sites excluding steroid dienone is 3. The largest absolute Gasteiger partial charge is 0.465 e. The highest BCUT2D eigenvalue weighted by Crippen LogP contribution is 2.16. The Labute approximate surface area is 123 Å². The molecule has 0 aliphatic carbocycles. The molecule has 0 fully saturated rings. The van der Waals surface area contributed by atoms with Crippen molar-refractivity contribution in [2.45, 2.75) is 0 Å². The van der Waals surface area contributed by atoms with Crippen molar-refractivity contribution in [3.05, 3.63) is 90.4 Å². The van der Waals surface area contributed by atoms with Gasteiger partial charge in [-0.1, -0.05) is 48.6 Å². The molecule has 1 aromatic heterocycles. The van der Waals surface area contributed by atoms with Crippen LogP contribution in [0.1, 0.15) is 16.1 Å². The minimum atomic E-state index is -0.00940. The zero-order chi connectivity index (χ0) is 14.5. The molecule has 3 aromatic rings. The van der Waals surface area contributed by atoms with Gasteiger partial charge in [0.05, 0.1) is 6.26 Å². The molecule has 1 heterocycles. The molecule has 102 valence electrons. The lowest BCUT2D eigenvalue weighted by Crippen LogP contribution is -1.93. The van der Waals surface area contributed by atoms with Crippen LogP contribution < -0.4 is 0 Å². The highest BCUT2D eigenvalue weighted by molar-refractivity contribution is 6.06. The first-order valence-electron chi connectivity index (χ1n) is 6.74. The van der Waals surface area contributed by atoms with Crippen LogP contribution >= 0.6 is 0 Å². The molecule has 0 radical (unpaired) electrons. The second kappa shape index (κ2) is 6.06. The Bertz CT molecular complexity index is 808. The van der Waals surface area contributed by atoms with Crippen LogP contribution in [-0.4, -0.2) is 5.78 Å². The Morgan fingerprint density at radius 1 is 0.905 bits per heavy atom. The number of ketones is 1. The van der Waals surface area contributed by atoms with Gasteiger partial charge in [-0.3, -0.25) is 4.79 Å². The fourth-order valence-electron chi connectivity index (χ4n) is 2.12. The summed E-state index contributed by atoms with van der Waals surface area (Å²) in [6.07, 6.45) is 8.50. The summed E-state index contributed by atoms with van der Waals surface area (Å²) in [5.74, 6) is 0.752. The average Bonchev–Trinajstić information content (AvgIpc) is 3.04. The summed E-state index contributed by atoms with van der Waals surface area (Å²) >= 11 is 0. The number of rotatable bonds is 4. The van der Waals surface area contributed by atoms with Gasteiger partial charge in [0.15, 0.2) is 5.78 Å². The SMILES string of the molecule is O=C(/C=C/C=C/c1ccco1)c1ccc2ccccc2c1. The molecule has 0 unspecified atom stereocenters. The predicted octanol–water partition coefficient (Wildman–Crippen LogP) is 4.89. The van der Waals surface area contributed by atoms with Crippen LogP contribution in [0.5, 0.6) is 0 Å². The molecule has 2 nitrogen and oxygen atoms in total. The van der Waals surface area contributed by atoms with Crippen molar-refractivity contribution in [2.75, 3.05) is 0 Å². The molecule has 0 saturated heterocycles. The van der Waals surface area contributed by atoms with Crippen LogP contribution in [0, 0.1) is 0 Å². The van der Waals surface area contributed by atoms with Crippen LogP contribution in [0.4, 0.5) is 0 Å². The van der Waals surface area contributed by atoms with Crippen molar-refractivity contribution in [2.24, 2.45) is 0 Å². The highest BCUT2D eigenvalue weighted by atomic mass is 16.3.